The van der Waals surface area contributed by atoms with Crippen LogP contribution in [0.5, 0.6) is 0 Å². The van der Waals surface area contributed by atoms with E-state index in [0.717, 1.165) is 29.0 Å². The molecule has 0 spiro atoms. The minimum atomic E-state index is -0.133. The standard InChI is InChI=1S/C12H17NOS/c1-7-6-15-11(13-7)5-10(14)12-8-3-2-4-9(8)12/h6,8-10,12,14H,2-5H2,1H3. The monoisotopic (exact) mass is 223 g/mol. The number of rotatable bonds is 3. The average molecular weight is 223 g/mol. The van der Waals surface area contributed by atoms with Crippen LogP contribution in [0.1, 0.15) is 30.0 Å². The summed E-state index contributed by atoms with van der Waals surface area (Å²) >= 11 is 1.68. The zero-order valence-corrected chi connectivity index (χ0v) is 9.83. The molecule has 2 aliphatic carbocycles. The third kappa shape index (κ3) is 1.72. The van der Waals surface area contributed by atoms with E-state index in [0.29, 0.717) is 5.92 Å². The summed E-state index contributed by atoms with van der Waals surface area (Å²) in [5.74, 6) is 2.30. The van der Waals surface area contributed by atoms with Gasteiger partial charge in [0.15, 0.2) is 0 Å². The Morgan fingerprint density at radius 1 is 1.53 bits per heavy atom. The van der Waals surface area contributed by atoms with Crippen molar-refractivity contribution in [2.45, 2.75) is 38.7 Å². The molecule has 3 unspecified atom stereocenters. The van der Waals surface area contributed by atoms with Gasteiger partial charge >= 0.3 is 0 Å². The molecule has 0 bridgehead atoms. The van der Waals surface area contributed by atoms with Crippen LogP contribution in [0.15, 0.2) is 5.38 Å². The summed E-state index contributed by atoms with van der Waals surface area (Å²) in [6, 6.07) is 0. The van der Waals surface area contributed by atoms with Crippen LogP contribution in [0.4, 0.5) is 0 Å². The molecule has 3 heteroatoms. The molecular weight excluding hydrogens is 206 g/mol. The fraction of sp³-hybridized carbons (Fsp3) is 0.750. The predicted octanol–water partition coefficient (Wildman–Crippen LogP) is 2.40. The lowest BCUT2D eigenvalue weighted by Gasteiger charge is -2.10. The lowest BCUT2D eigenvalue weighted by molar-refractivity contribution is 0.135. The van der Waals surface area contributed by atoms with Gasteiger partial charge < -0.3 is 5.11 Å². The van der Waals surface area contributed by atoms with E-state index in [9.17, 15) is 5.11 Å². The van der Waals surface area contributed by atoms with Crippen molar-refractivity contribution in [3.63, 3.8) is 0 Å². The van der Waals surface area contributed by atoms with Crippen LogP contribution in [0, 0.1) is 24.7 Å². The van der Waals surface area contributed by atoms with Gasteiger partial charge in [0.05, 0.1) is 11.1 Å². The van der Waals surface area contributed by atoms with Crippen LogP contribution in [0.3, 0.4) is 0 Å². The van der Waals surface area contributed by atoms with E-state index in [-0.39, 0.29) is 6.10 Å². The van der Waals surface area contributed by atoms with Crippen molar-refractivity contribution < 1.29 is 5.11 Å². The van der Waals surface area contributed by atoms with Gasteiger partial charge in [-0.2, -0.15) is 0 Å². The third-order valence-corrected chi connectivity index (χ3v) is 4.96. The molecule has 2 saturated carbocycles. The zero-order valence-electron chi connectivity index (χ0n) is 9.02. The Labute approximate surface area is 94.4 Å². The summed E-state index contributed by atoms with van der Waals surface area (Å²) in [6.45, 7) is 2.01. The summed E-state index contributed by atoms with van der Waals surface area (Å²) in [4.78, 5) is 4.41. The molecule has 0 radical (unpaired) electrons. The van der Waals surface area contributed by atoms with E-state index in [2.05, 4.69) is 10.4 Å². The second kappa shape index (κ2) is 3.56. The molecule has 2 nitrogen and oxygen atoms in total. The molecule has 1 aromatic rings. The maximum atomic E-state index is 10.1. The van der Waals surface area contributed by atoms with Gasteiger partial charge in [-0.1, -0.05) is 6.42 Å². The number of aromatic nitrogens is 1. The summed E-state index contributed by atoms with van der Waals surface area (Å²) < 4.78 is 0. The van der Waals surface area contributed by atoms with Gasteiger partial charge in [-0.3, -0.25) is 0 Å². The third-order valence-electron chi connectivity index (χ3n) is 3.97. The van der Waals surface area contributed by atoms with Crippen LogP contribution < -0.4 is 0 Å². The fourth-order valence-electron chi connectivity index (χ4n) is 3.26. The van der Waals surface area contributed by atoms with Crippen molar-refractivity contribution in [2.24, 2.45) is 17.8 Å². The molecule has 0 aromatic carbocycles. The van der Waals surface area contributed by atoms with Gasteiger partial charge in [0.2, 0.25) is 0 Å². The molecule has 0 saturated heterocycles. The van der Waals surface area contributed by atoms with Gasteiger partial charge in [0.1, 0.15) is 0 Å². The quantitative estimate of drug-likeness (QED) is 0.853. The molecule has 3 rings (SSSR count). The second-order valence-electron chi connectivity index (χ2n) is 4.99. The van der Waals surface area contributed by atoms with Gasteiger partial charge in [-0.15, -0.1) is 11.3 Å². The highest BCUT2D eigenvalue weighted by Crippen LogP contribution is 2.59. The fourth-order valence-corrected chi connectivity index (χ4v) is 4.08. The van der Waals surface area contributed by atoms with E-state index in [1.165, 1.54) is 19.3 Å². The maximum absolute atomic E-state index is 10.1. The Morgan fingerprint density at radius 3 is 2.87 bits per heavy atom. The first-order valence-corrected chi connectivity index (χ1v) is 6.73. The van der Waals surface area contributed by atoms with Crippen LogP contribution in [-0.2, 0) is 6.42 Å². The minimum absolute atomic E-state index is 0.133. The zero-order chi connectivity index (χ0) is 10.4. The minimum Gasteiger partial charge on any atom is -0.392 e. The van der Waals surface area contributed by atoms with E-state index >= 15 is 0 Å². The molecule has 2 fully saturated rings. The average Bonchev–Trinajstić information content (AvgIpc) is 2.60. The number of hydrogen-bond donors (Lipinski definition) is 1. The number of aliphatic hydroxyl groups is 1. The van der Waals surface area contributed by atoms with Crippen molar-refractivity contribution in [2.75, 3.05) is 0 Å². The number of nitrogens with zero attached hydrogens (tertiary/aromatic N) is 1. The number of aryl methyl sites for hydroxylation is 1. The van der Waals surface area contributed by atoms with Crippen LogP contribution in [-0.4, -0.2) is 16.2 Å². The largest absolute Gasteiger partial charge is 0.392 e. The summed E-state index contributed by atoms with van der Waals surface area (Å²) in [6.07, 6.45) is 4.73. The summed E-state index contributed by atoms with van der Waals surface area (Å²) in [5, 5.41) is 13.3. The summed E-state index contributed by atoms with van der Waals surface area (Å²) in [5.41, 5.74) is 1.08. The van der Waals surface area contributed by atoms with Gasteiger partial charge in [-0.05, 0) is 37.5 Å². The lowest BCUT2D eigenvalue weighted by atomic mass is 10.0. The Bertz CT molecular complexity index is 352. The maximum Gasteiger partial charge on any atom is 0.0954 e. The Morgan fingerprint density at radius 2 is 2.27 bits per heavy atom. The molecule has 1 aromatic heterocycles. The molecule has 3 atom stereocenters. The topological polar surface area (TPSA) is 33.1 Å². The normalized spacial score (nSPS) is 35.2. The number of thiazole rings is 1. The van der Waals surface area contributed by atoms with Crippen molar-refractivity contribution >= 4 is 11.3 Å². The molecule has 1 heterocycles. The summed E-state index contributed by atoms with van der Waals surface area (Å²) in [7, 11) is 0. The molecule has 0 amide bonds. The highest BCUT2D eigenvalue weighted by atomic mass is 32.1. The van der Waals surface area contributed by atoms with Crippen LogP contribution >= 0.6 is 11.3 Å². The Balaban J connectivity index is 1.60. The Hall–Kier alpha value is -0.410. The van der Waals surface area contributed by atoms with E-state index in [4.69, 9.17) is 0 Å². The van der Waals surface area contributed by atoms with Crippen LogP contribution in [0.25, 0.3) is 0 Å². The van der Waals surface area contributed by atoms with E-state index < -0.39 is 0 Å². The SMILES string of the molecule is Cc1csc(CC(O)C2C3CCCC32)n1. The number of aliphatic hydroxyl groups excluding tert-OH is 1. The van der Waals surface area contributed by atoms with E-state index in [1.54, 1.807) is 11.3 Å². The molecule has 0 aliphatic heterocycles. The smallest absolute Gasteiger partial charge is 0.0954 e. The van der Waals surface area contributed by atoms with Crippen molar-refractivity contribution in [1.82, 2.24) is 4.98 Å². The lowest BCUT2D eigenvalue weighted by Crippen LogP contribution is -2.16. The van der Waals surface area contributed by atoms with Crippen molar-refractivity contribution in [3.8, 4) is 0 Å². The molecule has 2 aliphatic rings. The molecular formula is C12H17NOS. The van der Waals surface area contributed by atoms with Gasteiger partial charge in [0, 0.05) is 17.5 Å². The van der Waals surface area contributed by atoms with Crippen LogP contribution in [0.2, 0.25) is 0 Å². The van der Waals surface area contributed by atoms with Crippen molar-refractivity contribution in [1.29, 1.82) is 0 Å². The Kier molecular flexibility index (Phi) is 2.33. The predicted molar refractivity (Wildman–Crippen MR) is 60.9 cm³/mol. The van der Waals surface area contributed by atoms with Gasteiger partial charge in [-0.25, -0.2) is 4.98 Å². The molecule has 15 heavy (non-hydrogen) atoms. The number of hydrogen-bond acceptors (Lipinski definition) is 3. The first-order valence-electron chi connectivity index (χ1n) is 5.85. The molecule has 1 N–H and O–H groups in total. The highest BCUT2D eigenvalue weighted by molar-refractivity contribution is 7.09. The first-order chi connectivity index (χ1) is 7.25. The molecule has 82 valence electrons. The van der Waals surface area contributed by atoms with E-state index in [1.807, 2.05) is 6.92 Å². The number of fused-ring (bicyclic) bond motifs is 1. The first kappa shape index (κ1) is 9.79. The second-order valence-corrected chi connectivity index (χ2v) is 5.93. The van der Waals surface area contributed by atoms with Crippen molar-refractivity contribution in [3.05, 3.63) is 16.1 Å². The van der Waals surface area contributed by atoms with Gasteiger partial charge in [0.25, 0.3) is 0 Å². The highest BCUT2D eigenvalue weighted by Gasteiger charge is 2.55.